The van der Waals surface area contributed by atoms with Gasteiger partial charge in [-0.15, -0.1) is 11.3 Å². The van der Waals surface area contributed by atoms with E-state index < -0.39 is 0 Å². The van der Waals surface area contributed by atoms with Crippen LogP contribution in [0.2, 0.25) is 0 Å². The molecule has 0 aliphatic heterocycles. The molecule has 0 aliphatic carbocycles. The summed E-state index contributed by atoms with van der Waals surface area (Å²) in [5.41, 5.74) is 8.68. The van der Waals surface area contributed by atoms with Gasteiger partial charge in [-0.3, -0.25) is 4.98 Å². The molecule has 0 aliphatic rings. The molecule has 0 unspecified atom stereocenters. The zero-order chi connectivity index (χ0) is 28.3. The van der Waals surface area contributed by atoms with Crippen LogP contribution in [-0.4, -0.2) is 9.97 Å². The SMILES string of the molecule is c1cc(-c2ccc(-c3cccc4c3sc3ccccc34)cc2)cc(-c2cnc3c4ccccc4c4ccccc4c3n2)c1. The molecule has 9 rings (SSSR count). The molecule has 0 saturated heterocycles. The Morgan fingerprint density at radius 1 is 0.419 bits per heavy atom. The number of fused-ring (bicyclic) bond motifs is 9. The monoisotopic (exact) mass is 564 g/mol. The van der Waals surface area contributed by atoms with Crippen LogP contribution in [0.25, 0.3) is 86.3 Å². The van der Waals surface area contributed by atoms with Crippen LogP contribution in [-0.2, 0) is 0 Å². The van der Waals surface area contributed by atoms with E-state index in [0.29, 0.717) is 0 Å². The second-order valence-electron chi connectivity index (χ2n) is 11.0. The molecule has 0 saturated carbocycles. The fourth-order valence-electron chi connectivity index (χ4n) is 6.44. The number of hydrogen-bond acceptors (Lipinski definition) is 3. The Kier molecular flexibility index (Phi) is 5.40. The summed E-state index contributed by atoms with van der Waals surface area (Å²) in [5, 5.41) is 7.34. The second kappa shape index (κ2) is 9.59. The van der Waals surface area contributed by atoms with Gasteiger partial charge in [-0.25, -0.2) is 4.98 Å². The van der Waals surface area contributed by atoms with E-state index in [2.05, 4.69) is 140 Å². The van der Waals surface area contributed by atoms with Gasteiger partial charge in [0.15, 0.2) is 0 Å². The minimum atomic E-state index is 0.878. The van der Waals surface area contributed by atoms with E-state index >= 15 is 0 Å². The fourth-order valence-corrected chi connectivity index (χ4v) is 7.68. The lowest BCUT2D eigenvalue weighted by Crippen LogP contribution is -1.92. The summed E-state index contributed by atoms with van der Waals surface area (Å²) in [4.78, 5) is 10.2. The highest BCUT2D eigenvalue weighted by Gasteiger charge is 2.13. The van der Waals surface area contributed by atoms with Gasteiger partial charge < -0.3 is 0 Å². The first kappa shape index (κ1) is 24.2. The Morgan fingerprint density at radius 2 is 1.02 bits per heavy atom. The van der Waals surface area contributed by atoms with Crippen molar-refractivity contribution in [2.24, 2.45) is 0 Å². The molecule has 9 aromatic rings. The standard InChI is InChI=1S/C40H24N2S/c1-3-14-33-30(11-1)31-12-2-4-15-34(31)39-38(33)41-24-36(42-39)28-10-7-9-27(23-28)25-19-21-26(22-20-25)29-16-8-17-35-32-13-5-6-18-37(32)43-40(29)35/h1-24H. The lowest BCUT2D eigenvalue weighted by atomic mass is 9.97. The molecule has 200 valence electrons. The summed E-state index contributed by atoms with van der Waals surface area (Å²) >= 11 is 1.87. The van der Waals surface area contributed by atoms with Crippen LogP contribution in [0.15, 0.2) is 146 Å². The Labute approximate surface area is 252 Å². The summed E-state index contributed by atoms with van der Waals surface area (Å²) in [6.45, 7) is 0. The van der Waals surface area contributed by atoms with Gasteiger partial charge in [0.05, 0.1) is 22.9 Å². The maximum atomic E-state index is 5.20. The third kappa shape index (κ3) is 3.86. The summed E-state index contributed by atoms with van der Waals surface area (Å²) in [7, 11) is 0. The minimum absolute atomic E-state index is 0.878. The number of thiophene rings is 1. The third-order valence-electron chi connectivity index (χ3n) is 8.52. The highest BCUT2D eigenvalue weighted by Crippen LogP contribution is 2.40. The quantitative estimate of drug-likeness (QED) is 0.199. The molecule has 2 aromatic heterocycles. The second-order valence-corrected chi connectivity index (χ2v) is 12.0. The van der Waals surface area contributed by atoms with Crippen molar-refractivity contribution in [1.82, 2.24) is 9.97 Å². The van der Waals surface area contributed by atoms with E-state index in [-0.39, 0.29) is 0 Å². The van der Waals surface area contributed by atoms with Gasteiger partial charge in [0.2, 0.25) is 0 Å². The van der Waals surface area contributed by atoms with Crippen molar-refractivity contribution in [1.29, 1.82) is 0 Å². The smallest absolute Gasteiger partial charge is 0.0979 e. The number of nitrogens with zero attached hydrogens (tertiary/aromatic N) is 2. The normalized spacial score (nSPS) is 11.7. The first-order chi connectivity index (χ1) is 21.3. The van der Waals surface area contributed by atoms with E-state index in [1.54, 1.807) is 0 Å². The van der Waals surface area contributed by atoms with E-state index in [4.69, 9.17) is 9.97 Å². The molecule has 0 atom stereocenters. The van der Waals surface area contributed by atoms with Gasteiger partial charge in [0.1, 0.15) is 0 Å². The van der Waals surface area contributed by atoms with Crippen LogP contribution in [0.4, 0.5) is 0 Å². The maximum Gasteiger partial charge on any atom is 0.0979 e. The predicted octanol–water partition coefficient (Wildman–Crippen LogP) is 11.3. The van der Waals surface area contributed by atoms with Crippen LogP contribution in [0, 0.1) is 0 Å². The first-order valence-corrected chi connectivity index (χ1v) is 15.3. The zero-order valence-electron chi connectivity index (χ0n) is 23.2. The van der Waals surface area contributed by atoms with Crippen molar-refractivity contribution in [2.75, 3.05) is 0 Å². The van der Waals surface area contributed by atoms with Gasteiger partial charge in [0, 0.05) is 36.5 Å². The molecule has 0 fully saturated rings. The van der Waals surface area contributed by atoms with Crippen molar-refractivity contribution in [3.05, 3.63) is 146 Å². The largest absolute Gasteiger partial charge is 0.252 e. The molecule has 2 nitrogen and oxygen atoms in total. The minimum Gasteiger partial charge on any atom is -0.252 e. The van der Waals surface area contributed by atoms with Crippen LogP contribution in [0.3, 0.4) is 0 Å². The predicted molar refractivity (Wildman–Crippen MR) is 184 cm³/mol. The Morgan fingerprint density at radius 3 is 1.81 bits per heavy atom. The van der Waals surface area contributed by atoms with Crippen molar-refractivity contribution in [3.8, 4) is 33.5 Å². The Balaban J connectivity index is 1.12. The molecule has 0 N–H and O–H groups in total. The topological polar surface area (TPSA) is 25.8 Å². The third-order valence-corrected chi connectivity index (χ3v) is 9.74. The van der Waals surface area contributed by atoms with Gasteiger partial charge in [-0.1, -0.05) is 127 Å². The Hall–Kier alpha value is -5.38. The van der Waals surface area contributed by atoms with Crippen LogP contribution < -0.4 is 0 Å². The average Bonchev–Trinajstić information content (AvgIpc) is 3.47. The van der Waals surface area contributed by atoms with Crippen LogP contribution >= 0.6 is 11.3 Å². The van der Waals surface area contributed by atoms with E-state index in [9.17, 15) is 0 Å². The van der Waals surface area contributed by atoms with Crippen molar-refractivity contribution < 1.29 is 0 Å². The van der Waals surface area contributed by atoms with E-state index in [1.165, 1.54) is 47.6 Å². The maximum absolute atomic E-state index is 5.20. The molecule has 0 radical (unpaired) electrons. The summed E-state index contributed by atoms with van der Waals surface area (Å²) in [6, 6.07) is 49.9. The number of aromatic nitrogens is 2. The average molecular weight is 565 g/mol. The zero-order valence-corrected chi connectivity index (χ0v) is 24.0. The number of benzene rings is 7. The van der Waals surface area contributed by atoms with Crippen LogP contribution in [0.1, 0.15) is 0 Å². The van der Waals surface area contributed by atoms with Crippen LogP contribution in [0.5, 0.6) is 0 Å². The molecular weight excluding hydrogens is 541 g/mol. The molecule has 0 bridgehead atoms. The highest BCUT2D eigenvalue weighted by molar-refractivity contribution is 7.26. The molecule has 43 heavy (non-hydrogen) atoms. The van der Waals surface area contributed by atoms with Gasteiger partial charge in [-0.05, 0) is 45.2 Å². The molecule has 2 heterocycles. The molecule has 0 amide bonds. The van der Waals surface area contributed by atoms with Gasteiger partial charge in [-0.2, -0.15) is 0 Å². The Bertz CT molecular complexity index is 2470. The van der Waals surface area contributed by atoms with Gasteiger partial charge in [0.25, 0.3) is 0 Å². The van der Waals surface area contributed by atoms with E-state index in [1.807, 2.05) is 17.5 Å². The van der Waals surface area contributed by atoms with Crippen molar-refractivity contribution in [2.45, 2.75) is 0 Å². The number of hydrogen-bond donors (Lipinski definition) is 0. The molecule has 7 aromatic carbocycles. The first-order valence-electron chi connectivity index (χ1n) is 14.5. The summed E-state index contributed by atoms with van der Waals surface area (Å²) < 4.78 is 2.67. The van der Waals surface area contributed by atoms with Gasteiger partial charge >= 0.3 is 0 Å². The summed E-state index contributed by atoms with van der Waals surface area (Å²) in [6.07, 6.45) is 1.91. The number of rotatable bonds is 3. The van der Waals surface area contributed by atoms with Crippen molar-refractivity contribution in [3.63, 3.8) is 0 Å². The molecule has 0 spiro atoms. The molecule has 3 heteroatoms. The lowest BCUT2D eigenvalue weighted by Gasteiger charge is -2.11. The summed E-state index contributed by atoms with van der Waals surface area (Å²) in [5.74, 6) is 0. The van der Waals surface area contributed by atoms with E-state index in [0.717, 1.165) is 38.6 Å². The molecular formula is C40H24N2S. The highest BCUT2D eigenvalue weighted by atomic mass is 32.1. The van der Waals surface area contributed by atoms with Crippen molar-refractivity contribution >= 4 is 64.1 Å². The fraction of sp³-hybridized carbons (Fsp3) is 0. The lowest BCUT2D eigenvalue weighted by molar-refractivity contribution is 1.31.